The van der Waals surface area contributed by atoms with Gasteiger partial charge < -0.3 is 9.64 Å². The van der Waals surface area contributed by atoms with Gasteiger partial charge in [-0.3, -0.25) is 4.79 Å². The van der Waals surface area contributed by atoms with Crippen LogP contribution in [0.1, 0.15) is 27.7 Å². The Morgan fingerprint density at radius 1 is 1.52 bits per heavy atom. The summed E-state index contributed by atoms with van der Waals surface area (Å²) in [6, 6.07) is 3.54. The van der Waals surface area contributed by atoms with Crippen LogP contribution in [0.2, 0.25) is 5.15 Å². The van der Waals surface area contributed by atoms with Crippen LogP contribution in [-0.4, -0.2) is 33.2 Å². The highest BCUT2D eigenvalue weighted by atomic mass is 35.5. The molecule has 0 N–H and O–H groups in total. The minimum atomic E-state index is -0.419. The van der Waals surface area contributed by atoms with E-state index in [2.05, 4.69) is 4.98 Å². The summed E-state index contributed by atoms with van der Waals surface area (Å²) in [5, 5.41) is 0.304. The van der Waals surface area contributed by atoms with E-state index in [1.54, 1.807) is 23.2 Å². The first-order chi connectivity index (χ1) is 9.77. The van der Waals surface area contributed by atoms with Gasteiger partial charge in [-0.25, -0.2) is 4.98 Å². The van der Waals surface area contributed by atoms with Crippen molar-refractivity contribution in [1.29, 1.82) is 0 Å². The smallest absolute Gasteiger partial charge is 0.238 e. The fourth-order valence-corrected chi connectivity index (χ4v) is 2.83. The molecular formula is C14H19ClN2O2S2. The number of hydrogen-bond donors (Lipinski definition) is 0. The number of thioether (sulfide) groups is 1. The Hall–Kier alpha value is -0.850. The van der Waals surface area contributed by atoms with Gasteiger partial charge in [-0.15, -0.1) is 0 Å². The zero-order chi connectivity index (χ0) is 16.0. The van der Waals surface area contributed by atoms with E-state index in [-0.39, 0.29) is 11.7 Å². The summed E-state index contributed by atoms with van der Waals surface area (Å²) in [5.41, 5.74) is 0.178. The highest BCUT2D eigenvalue weighted by molar-refractivity contribution is 8.23. The lowest BCUT2D eigenvalue weighted by atomic mass is 10.1. The average Bonchev–Trinajstić information content (AvgIpc) is 2.38. The van der Waals surface area contributed by atoms with Gasteiger partial charge in [0, 0.05) is 11.7 Å². The summed E-state index contributed by atoms with van der Waals surface area (Å²) in [6.07, 6.45) is 1.59. The Morgan fingerprint density at radius 3 is 2.71 bits per heavy atom. The van der Waals surface area contributed by atoms with Gasteiger partial charge in [-0.2, -0.15) is 0 Å². The van der Waals surface area contributed by atoms with E-state index in [1.807, 2.05) is 27.7 Å². The SMILES string of the molecule is CCOC(=S)SCC(=O)N(c1cccnc1Cl)C(C)(C)C. The van der Waals surface area contributed by atoms with Gasteiger partial charge >= 0.3 is 0 Å². The molecule has 1 rings (SSSR count). The molecule has 0 aliphatic carbocycles. The van der Waals surface area contributed by atoms with Crippen LogP contribution in [0.15, 0.2) is 18.3 Å². The third kappa shape index (κ3) is 5.45. The Bertz CT molecular complexity index is 518. The van der Waals surface area contributed by atoms with Crippen LogP contribution in [0.5, 0.6) is 0 Å². The Labute approximate surface area is 140 Å². The van der Waals surface area contributed by atoms with Gasteiger partial charge in [0.15, 0.2) is 5.15 Å². The van der Waals surface area contributed by atoms with E-state index < -0.39 is 5.54 Å². The number of carbonyl (C=O) groups is 1. The fraction of sp³-hybridized carbons (Fsp3) is 0.500. The van der Waals surface area contributed by atoms with Crippen molar-refractivity contribution in [1.82, 2.24) is 4.98 Å². The Balaban J connectivity index is 2.92. The van der Waals surface area contributed by atoms with Crippen LogP contribution in [0, 0.1) is 0 Å². The molecule has 21 heavy (non-hydrogen) atoms. The number of aromatic nitrogens is 1. The lowest BCUT2D eigenvalue weighted by Gasteiger charge is -2.35. The average molecular weight is 347 g/mol. The fourth-order valence-electron chi connectivity index (χ4n) is 1.76. The molecule has 0 bridgehead atoms. The maximum Gasteiger partial charge on any atom is 0.238 e. The normalized spacial score (nSPS) is 11.1. The Morgan fingerprint density at radius 2 is 2.19 bits per heavy atom. The number of amides is 1. The zero-order valence-electron chi connectivity index (χ0n) is 12.6. The first-order valence-corrected chi connectivity index (χ1v) is 8.27. The van der Waals surface area contributed by atoms with Crippen LogP contribution >= 0.6 is 35.6 Å². The van der Waals surface area contributed by atoms with Gasteiger partial charge in [-0.1, -0.05) is 23.4 Å². The van der Waals surface area contributed by atoms with E-state index in [9.17, 15) is 4.79 Å². The first kappa shape index (κ1) is 18.2. The molecule has 0 radical (unpaired) electrons. The van der Waals surface area contributed by atoms with E-state index in [4.69, 9.17) is 28.6 Å². The van der Waals surface area contributed by atoms with Gasteiger partial charge in [-0.05, 0) is 52.0 Å². The number of anilines is 1. The molecule has 116 valence electrons. The largest absolute Gasteiger partial charge is 0.479 e. The molecule has 1 heterocycles. The van der Waals surface area contributed by atoms with Crippen LogP contribution in [-0.2, 0) is 9.53 Å². The van der Waals surface area contributed by atoms with Crippen LogP contribution in [0.3, 0.4) is 0 Å². The minimum absolute atomic E-state index is 0.0931. The van der Waals surface area contributed by atoms with E-state index in [0.29, 0.717) is 21.8 Å². The van der Waals surface area contributed by atoms with Crippen molar-refractivity contribution < 1.29 is 9.53 Å². The number of carbonyl (C=O) groups excluding carboxylic acids is 1. The second kappa shape index (κ2) is 7.96. The number of ether oxygens (including phenoxy) is 1. The number of halogens is 1. The summed E-state index contributed by atoms with van der Waals surface area (Å²) in [7, 11) is 0. The molecule has 1 aromatic rings. The highest BCUT2D eigenvalue weighted by Gasteiger charge is 2.30. The summed E-state index contributed by atoms with van der Waals surface area (Å²) in [6.45, 7) is 8.18. The molecule has 0 spiro atoms. The second-order valence-corrected chi connectivity index (χ2v) is 7.12. The summed E-state index contributed by atoms with van der Waals surface area (Å²) in [5.74, 6) is 0.103. The number of hydrogen-bond acceptors (Lipinski definition) is 5. The van der Waals surface area contributed by atoms with Crippen LogP contribution in [0.4, 0.5) is 5.69 Å². The highest BCUT2D eigenvalue weighted by Crippen LogP contribution is 2.30. The van der Waals surface area contributed by atoms with Crippen molar-refractivity contribution in [2.24, 2.45) is 0 Å². The topological polar surface area (TPSA) is 42.4 Å². The molecular weight excluding hydrogens is 328 g/mol. The third-order valence-electron chi connectivity index (χ3n) is 2.48. The molecule has 1 aromatic heterocycles. The molecule has 0 saturated carbocycles. The van der Waals surface area contributed by atoms with Crippen LogP contribution in [0.25, 0.3) is 0 Å². The van der Waals surface area contributed by atoms with Gasteiger partial charge in [0.25, 0.3) is 0 Å². The van der Waals surface area contributed by atoms with Crippen molar-refractivity contribution in [3.8, 4) is 0 Å². The van der Waals surface area contributed by atoms with Crippen molar-refractivity contribution in [3.63, 3.8) is 0 Å². The molecule has 7 heteroatoms. The maximum atomic E-state index is 12.6. The van der Waals surface area contributed by atoms with Crippen molar-refractivity contribution in [2.45, 2.75) is 33.2 Å². The molecule has 0 fully saturated rings. The van der Waals surface area contributed by atoms with E-state index >= 15 is 0 Å². The molecule has 0 atom stereocenters. The quantitative estimate of drug-likeness (QED) is 0.610. The van der Waals surface area contributed by atoms with E-state index in [0.717, 1.165) is 0 Å². The number of rotatable bonds is 4. The third-order valence-corrected chi connectivity index (χ3v) is 3.98. The van der Waals surface area contributed by atoms with Gasteiger partial charge in [0.1, 0.15) is 0 Å². The lowest BCUT2D eigenvalue weighted by Crippen LogP contribution is -2.47. The van der Waals surface area contributed by atoms with Crippen molar-refractivity contribution in [2.75, 3.05) is 17.3 Å². The molecule has 0 aliphatic heterocycles. The number of nitrogens with zero attached hydrogens (tertiary/aromatic N) is 2. The number of pyridine rings is 1. The Kier molecular flexibility index (Phi) is 6.90. The molecule has 1 amide bonds. The predicted octanol–water partition coefficient (Wildman–Crippen LogP) is 3.92. The standard InChI is InChI=1S/C14H19ClN2O2S2/c1-5-19-13(20)21-9-11(18)17(14(2,3)4)10-7-6-8-16-12(10)15/h6-8H,5,9H2,1-4H3. The second-order valence-electron chi connectivity index (χ2n) is 5.18. The summed E-state index contributed by atoms with van der Waals surface area (Å²) >= 11 is 12.4. The molecule has 4 nitrogen and oxygen atoms in total. The maximum absolute atomic E-state index is 12.6. The van der Waals surface area contributed by atoms with E-state index in [1.165, 1.54) is 11.8 Å². The predicted molar refractivity (Wildman–Crippen MR) is 93.2 cm³/mol. The molecule has 0 aromatic carbocycles. The first-order valence-electron chi connectivity index (χ1n) is 6.50. The molecule has 0 aliphatic rings. The summed E-state index contributed by atoms with van der Waals surface area (Å²) in [4.78, 5) is 18.2. The number of thiocarbonyl (C=S) groups is 1. The van der Waals surface area contributed by atoms with Gasteiger partial charge in [0.2, 0.25) is 10.3 Å². The van der Waals surface area contributed by atoms with Crippen LogP contribution < -0.4 is 4.90 Å². The minimum Gasteiger partial charge on any atom is -0.479 e. The zero-order valence-corrected chi connectivity index (χ0v) is 14.9. The monoisotopic (exact) mass is 346 g/mol. The summed E-state index contributed by atoms with van der Waals surface area (Å²) < 4.78 is 5.54. The van der Waals surface area contributed by atoms with Crippen molar-refractivity contribution in [3.05, 3.63) is 23.5 Å². The lowest BCUT2D eigenvalue weighted by molar-refractivity contribution is -0.117. The van der Waals surface area contributed by atoms with Gasteiger partial charge in [0.05, 0.1) is 18.0 Å². The molecule has 0 unspecified atom stereocenters. The molecule has 0 saturated heterocycles. The van der Waals surface area contributed by atoms with Crippen molar-refractivity contribution >= 4 is 51.6 Å².